The van der Waals surface area contributed by atoms with Gasteiger partial charge in [-0.25, -0.2) is 8.78 Å². The summed E-state index contributed by atoms with van der Waals surface area (Å²) in [5, 5.41) is 18.6. The molecule has 0 aliphatic heterocycles. The standard InChI is InChI=1S/C9H11F2NO2/c1-4(12)9(14)5-2-6(10)7(11)3-8(5)13/h2-4,9,13-14H,12H2,1H3/t4-,9-/m0/s1. The van der Waals surface area contributed by atoms with Gasteiger partial charge in [-0.2, -0.15) is 0 Å². The number of phenolic OH excluding ortho intramolecular Hbond substituents is 1. The molecule has 78 valence electrons. The highest BCUT2D eigenvalue weighted by Gasteiger charge is 2.19. The van der Waals surface area contributed by atoms with Crippen molar-refractivity contribution in [3.63, 3.8) is 0 Å². The van der Waals surface area contributed by atoms with E-state index >= 15 is 0 Å². The molecule has 1 aromatic rings. The maximum Gasteiger partial charge on any atom is 0.162 e. The van der Waals surface area contributed by atoms with Gasteiger partial charge in [0.2, 0.25) is 0 Å². The highest BCUT2D eigenvalue weighted by atomic mass is 19.2. The summed E-state index contributed by atoms with van der Waals surface area (Å²) < 4.78 is 25.3. The summed E-state index contributed by atoms with van der Waals surface area (Å²) >= 11 is 0. The molecular weight excluding hydrogens is 192 g/mol. The second kappa shape index (κ2) is 3.89. The van der Waals surface area contributed by atoms with Crippen molar-refractivity contribution >= 4 is 0 Å². The average Bonchev–Trinajstić information content (AvgIpc) is 2.10. The van der Waals surface area contributed by atoms with Gasteiger partial charge in [0.15, 0.2) is 11.6 Å². The van der Waals surface area contributed by atoms with Crippen molar-refractivity contribution in [1.82, 2.24) is 0 Å². The molecule has 0 aliphatic rings. The molecular formula is C9H11F2NO2. The highest BCUT2D eigenvalue weighted by Crippen LogP contribution is 2.27. The number of aliphatic hydroxyl groups excluding tert-OH is 1. The van der Waals surface area contributed by atoms with Crippen LogP contribution in [0.5, 0.6) is 5.75 Å². The van der Waals surface area contributed by atoms with Crippen LogP contribution in [0, 0.1) is 11.6 Å². The van der Waals surface area contributed by atoms with Gasteiger partial charge in [0.1, 0.15) is 5.75 Å². The Morgan fingerprint density at radius 2 is 1.79 bits per heavy atom. The first-order valence-electron chi connectivity index (χ1n) is 4.05. The first-order chi connectivity index (χ1) is 6.43. The first kappa shape index (κ1) is 10.9. The maximum atomic E-state index is 12.7. The number of rotatable bonds is 2. The van der Waals surface area contributed by atoms with Crippen molar-refractivity contribution in [2.45, 2.75) is 19.1 Å². The van der Waals surface area contributed by atoms with E-state index in [0.29, 0.717) is 6.07 Å². The van der Waals surface area contributed by atoms with Crippen LogP contribution in [0.4, 0.5) is 8.78 Å². The van der Waals surface area contributed by atoms with Crippen molar-refractivity contribution in [2.75, 3.05) is 0 Å². The SMILES string of the molecule is C[C@H](N)[C@H](O)c1cc(F)c(F)cc1O. The Labute approximate surface area is 79.8 Å². The predicted octanol–water partition coefficient (Wildman–Crippen LogP) is 1.05. The van der Waals surface area contributed by atoms with Gasteiger partial charge >= 0.3 is 0 Å². The number of halogens is 2. The molecule has 0 aliphatic carbocycles. The first-order valence-corrected chi connectivity index (χ1v) is 4.05. The molecule has 2 atom stereocenters. The summed E-state index contributed by atoms with van der Waals surface area (Å²) in [4.78, 5) is 0. The van der Waals surface area contributed by atoms with E-state index in [1.54, 1.807) is 0 Å². The van der Waals surface area contributed by atoms with E-state index in [1.807, 2.05) is 0 Å². The van der Waals surface area contributed by atoms with E-state index in [0.717, 1.165) is 6.07 Å². The maximum absolute atomic E-state index is 12.7. The number of aromatic hydroxyl groups is 1. The predicted molar refractivity (Wildman–Crippen MR) is 46.6 cm³/mol. The third-order valence-electron chi connectivity index (χ3n) is 1.89. The van der Waals surface area contributed by atoms with Gasteiger partial charge in [-0.1, -0.05) is 0 Å². The summed E-state index contributed by atoms with van der Waals surface area (Å²) in [5.74, 6) is -2.80. The third kappa shape index (κ3) is 2.00. The van der Waals surface area contributed by atoms with E-state index in [2.05, 4.69) is 0 Å². The Hall–Kier alpha value is -1.20. The summed E-state index contributed by atoms with van der Waals surface area (Å²) in [6.45, 7) is 1.49. The highest BCUT2D eigenvalue weighted by molar-refractivity contribution is 5.35. The fraction of sp³-hybridized carbons (Fsp3) is 0.333. The van der Waals surface area contributed by atoms with E-state index < -0.39 is 29.5 Å². The smallest absolute Gasteiger partial charge is 0.162 e. The van der Waals surface area contributed by atoms with Crippen LogP contribution in [0.2, 0.25) is 0 Å². The van der Waals surface area contributed by atoms with Crippen LogP contribution in [0.1, 0.15) is 18.6 Å². The topological polar surface area (TPSA) is 66.5 Å². The lowest BCUT2D eigenvalue weighted by molar-refractivity contribution is 0.149. The lowest BCUT2D eigenvalue weighted by Gasteiger charge is -2.16. The largest absolute Gasteiger partial charge is 0.507 e. The van der Waals surface area contributed by atoms with Crippen molar-refractivity contribution in [2.24, 2.45) is 5.73 Å². The molecule has 5 heteroatoms. The van der Waals surface area contributed by atoms with Crippen molar-refractivity contribution in [1.29, 1.82) is 0 Å². The van der Waals surface area contributed by atoms with Gasteiger partial charge in [-0.3, -0.25) is 0 Å². The van der Waals surface area contributed by atoms with Gasteiger partial charge < -0.3 is 15.9 Å². The third-order valence-corrected chi connectivity index (χ3v) is 1.89. The lowest BCUT2D eigenvalue weighted by atomic mass is 10.0. The minimum Gasteiger partial charge on any atom is -0.507 e. The van der Waals surface area contributed by atoms with Crippen LogP contribution in [0.25, 0.3) is 0 Å². The Balaban J connectivity index is 3.15. The second-order valence-electron chi connectivity index (χ2n) is 3.13. The Morgan fingerprint density at radius 1 is 1.29 bits per heavy atom. The molecule has 0 heterocycles. The van der Waals surface area contributed by atoms with Crippen LogP contribution in [0.3, 0.4) is 0 Å². The molecule has 3 nitrogen and oxygen atoms in total. The minimum atomic E-state index is -1.22. The molecule has 0 amide bonds. The number of benzene rings is 1. The fourth-order valence-corrected chi connectivity index (χ4v) is 1.07. The minimum absolute atomic E-state index is 0.112. The van der Waals surface area contributed by atoms with Gasteiger partial charge in [0.25, 0.3) is 0 Å². The molecule has 0 saturated heterocycles. The lowest BCUT2D eigenvalue weighted by Crippen LogP contribution is -2.24. The molecule has 14 heavy (non-hydrogen) atoms. The molecule has 4 N–H and O–H groups in total. The molecule has 1 aromatic carbocycles. The van der Waals surface area contributed by atoms with Gasteiger partial charge in [0.05, 0.1) is 6.10 Å². The van der Waals surface area contributed by atoms with Gasteiger partial charge in [-0.15, -0.1) is 0 Å². The number of hydrogen-bond acceptors (Lipinski definition) is 3. The molecule has 0 bridgehead atoms. The van der Waals surface area contributed by atoms with E-state index in [1.165, 1.54) is 6.92 Å². The average molecular weight is 203 g/mol. The normalized spacial score (nSPS) is 15.2. The van der Waals surface area contributed by atoms with Gasteiger partial charge in [-0.05, 0) is 13.0 Å². The number of hydrogen-bond donors (Lipinski definition) is 3. The van der Waals surface area contributed by atoms with Crippen molar-refractivity contribution in [3.8, 4) is 5.75 Å². The molecule has 0 radical (unpaired) electrons. The van der Waals surface area contributed by atoms with E-state index in [-0.39, 0.29) is 5.56 Å². The Morgan fingerprint density at radius 3 is 2.29 bits per heavy atom. The molecule has 1 rings (SSSR count). The molecule has 0 fully saturated rings. The van der Waals surface area contributed by atoms with Crippen molar-refractivity contribution in [3.05, 3.63) is 29.3 Å². The van der Waals surface area contributed by atoms with Crippen LogP contribution in [-0.2, 0) is 0 Å². The fourth-order valence-electron chi connectivity index (χ4n) is 1.07. The van der Waals surface area contributed by atoms with Crippen molar-refractivity contribution < 1.29 is 19.0 Å². The zero-order valence-corrected chi connectivity index (χ0v) is 7.54. The zero-order chi connectivity index (χ0) is 10.9. The summed E-state index contributed by atoms with van der Waals surface area (Å²) in [6, 6.07) is 0.667. The van der Waals surface area contributed by atoms with Crippen LogP contribution in [0.15, 0.2) is 12.1 Å². The zero-order valence-electron chi connectivity index (χ0n) is 7.54. The molecule has 0 unspecified atom stereocenters. The van der Waals surface area contributed by atoms with E-state index in [4.69, 9.17) is 5.73 Å². The van der Waals surface area contributed by atoms with Crippen LogP contribution in [-0.4, -0.2) is 16.3 Å². The van der Waals surface area contributed by atoms with Crippen LogP contribution < -0.4 is 5.73 Å². The molecule has 0 saturated carbocycles. The summed E-state index contributed by atoms with van der Waals surface area (Å²) in [7, 11) is 0. The van der Waals surface area contributed by atoms with E-state index in [9.17, 15) is 19.0 Å². The number of nitrogens with two attached hydrogens (primary N) is 1. The Kier molecular flexibility index (Phi) is 3.03. The van der Waals surface area contributed by atoms with Gasteiger partial charge in [0, 0.05) is 17.7 Å². The second-order valence-corrected chi connectivity index (χ2v) is 3.13. The molecule has 0 spiro atoms. The number of phenols is 1. The number of aliphatic hydroxyl groups is 1. The van der Waals surface area contributed by atoms with Crippen LogP contribution >= 0.6 is 0 Å². The summed E-state index contributed by atoms with van der Waals surface area (Å²) in [5.41, 5.74) is 5.24. The summed E-state index contributed by atoms with van der Waals surface area (Å²) in [6.07, 6.45) is -1.22. The monoisotopic (exact) mass is 203 g/mol. The molecule has 0 aromatic heterocycles. The Bertz CT molecular complexity index is 342. The quantitative estimate of drug-likeness (QED) is 0.673.